The topological polar surface area (TPSA) is 105 Å². The molecule has 9 nitrogen and oxygen atoms in total. The van der Waals surface area contributed by atoms with Crippen LogP contribution in [0.4, 0.5) is 14.5 Å². The third-order valence-electron chi connectivity index (χ3n) is 7.70. The van der Waals surface area contributed by atoms with Crippen LogP contribution in [0.3, 0.4) is 0 Å². The second kappa shape index (κ2) is 16.7. The second-order valence-corrected chi connectivity index (χ2v) is 12.9. The predicted octanol–water partition coefficient (Wildman–Crippen LogP) is 5.73. The zero-order chi connectivity index (χ0) is 34.7. The summed E-state index contributed by atoms with van der Waals surface area (Å²) in [6.07, 6.45) is 1.69. The van der Waals surface area contributed by atoms with Crippen molar-refractivity contribution in [3.05, 3.63) is 120 Å². The van der Waals surface area contributed by atoms with Crippen molar-refractivity contribution in [3.8, 4) is 11.5 Å². The Kier molecular flexibility index (Phi) is 12.5. The van der Waals surface area contributed by atoms with Crippen LogP contribution in [-0.2, 0) is 32.6 Å². The number of halogens is 2. The first-order valence-electron chi connectivity index (χ1n) is 15.4. The van der Waals surface area contributed by atoms with Crippen LogP contribution in [0.2, 0.25) is 0 Å². The van der Waals surface area contributed by atoms with Crippen LogP contribution < -0.4 is 19.1 Å². The molecule has 0 unspecified atom stereocenters. The average molecular weight is 680 g/mol. The third-order valence-corrected chi connectivity index (χ3v) is 9.47. The van der Waals surface area contributed by atoms with Gasteiger partial charge in [-0.3, -0.25) is 13.9 Å². The van der Waals surface area contributed by atoms with Crippen LogP contribution in [0.5, 0.6) is 11.5 Å². The number of hydrogen-bond donors (Lipinski definition) is 1. The van der Waals surface area contributed by atoms with E-state index in [1.807, 2.05) is 37.3 Å². The first-order valence-corrected chi connectivity index (χ1v) is 16.9. The number of amides is 2. The molecule has 0 aromatic heterocycles. The molecule has 4 rings (SSSR count). The van der Waals surface area contributed by atoms with Crippen molar-refractivity contribution >= 4 is 27.5 Å². The lowest BCUT2D eigenvalue weighted by molar-refractivity contribution is -0.140. The van der Waals surface area contributed by atoms with E-state index in [0.717, 1.165) is 34.8 Å². The summed E-state index contributed by atoms with van der Waals surface area (Å²) in [6, 6.07) is 22.3. The first-order chi connectivity index (χ1) is 23.1. The molecule has 0 radical (unpaired) electrons. The number of nitrogens with zero attached hydrogens (tertiary/aromatic N) is 2. The summed E-state index contributed by atoms with van der Waals surface area (Å²) in [7, 11) is -1.70. The SMILES string of the molecule is CCCCNC(=O)[C@H](Cc1ccccc1)N(Cc1ccc(F)cc1)C(=O)CN(c1ccc(F)cc1)S(=O)(=O)c1ccc(OC)c(OC)c1. The predicted molar refractivity (Wildman–Crippen MR) is 179 cm³/mol. The summed E-state index contributed by atoms with van der Waals surface area (Å²) in [4.78, 5) is 29.4. The van der Waals surface area contributed by atoms with Gasteiger partial charge >= 0.3 is 0 Å². The number of nitrogens with one attached hydrogen (secondary N) is 1. The Morgan fingerprint density at radius 2 is 1.44 bits per heavy atom. The van der Waals surface area contributed by atoms with Crippen LogP contribution in [-0.4, -0.2) is 58.5 Å². The molecule has 12 heteroatoms. The van der Waals surface area contributed by atoms with Crippen molar-refractivity contribution in [2.24, 2.45) is 0 Å². The summed E-state index contributed by atoms with van der Waals surface area (Å²) in [5.74, 6) is -1.76. The number of rotatable bonds is 16. The van der Waals surface area contributed by atoms with Gasteiger partial charge in [0.15, 0.2) is 11.5 Å². The molecule has 4 aromatic carbocycles. The Morgan fingerprint density at radius 1 is 0.812 bits per heavy atom. The molecule has 0 aliphatic carbocycles. The number of carbonyl (C=O) groups excluding carboxylic acids is 2. The highest BCUT2D eigenvalue weighted by Gasteiger charge is 2.35. The molecule has 0 fully saturated rings. The van der Waals surface area contributed by atoms with Crippen molar-refractivity contribution in [2.45, 2.75) is 43.7 Å². The number of benzene rings is 4. The average Bonchev–Trinajstić information content (AvgIpc) is 3.10. The molecule has 4 aromatic rings. The summed E-state index contributed by atoms with van der Waals surface area (Å²) in [5.41, 5.74) is 1.33. The van der Waals surface area contributed by atoms with Gasteiger partial charge in [0.1, 0.15) is 24.2 Å². The van der Waals surface area contributed by atoms with Crippen molar-refractivity contribution in [1.82, 2.24) is 10.2 Å². The largest absolute Gasteiger partial charge is 0.493 e. The summed E-state index contributed by atoms with van der Waals surface area (Å²) in [6.45, 7) is 1.51. The molecule has 0 aliphatic heterocycles. The van der Waals surface area contributed by atoms with Crippen molar-refractivity contribution in [1.29, 1.82) is 0 Å². The summed E-state index contributed by atoms with van der Waals surface area (Å²) >= 11 is 0. The van der Waals surface area contributed by atoms with Crippen LogP contribution >= 0.6 is 0 Å². The minimum atomic E-state index is -4.48. The van der Waals surface area contributed by atoms with E-state index in [4.69, 9.17) is 9.47 Å². The number of anilines is 1. The van der Waals surface area contributed by atoms with Crippen LogP contribution in [0.25, 0.3) is 0 Å². The molecule has 0 saturated carbocycles. The van der Waals surface area contributed by atoms with Crippen molar-refractivity contribution in [3.63, 3.8) is 0 Å². The van der Waals surface area contributed by atoms with Gasteiger partial charge in [0, 0.05) is 25.6 Å². The number of carbonyl (C=O) groups is 2. The molecular formula is C36H39F2N3O6S. The van der Waals surface area contributed by atoms with Gasteiger partial charge in [0.25, 0.3) is 10.0 Å². The minimum Gasteiger partial charge on any atom is -0.493 e. The van der Waals surface area contributed by atoms with Crippen LogP contribution in [0, 0.1) is 11.6 Å². The normalized spacial score (nSPS) is 11.8. The highest BCUT2D eigenvalue weighted by molar-refractivity contribution is 7.92. The number of unbranched alkanes of at least 4 members (excludes halogenated alkanes) is 1. The zero-order valence-corrected chi connectivity index (χ0v) is 27.9. The highest BCUT2D eigenvalue weighted by Crippen LogP contribution is 2.32. The quantitative estimate of drug-likeness (QED) is 0.152. The van der Waals surface area contributed by atoms with E-state index in [1.165, 1.54) is 73.7 Å². The third kappa shape index (κ3) is 9.09. The van der Waals surface area contributed by atoms with E-state index in [2.05, 4.69) is 5.32 Å². The maximum absolute atomic E-state index is 14.5. The Morgan fingerprint density at radius 3 is 2.04 bits per heavy atom. The van der Waals surface area contributed by atoms with Gasteiger partial charge in [-0.2, -0.15) is 0 Å². The van der Waals surface area contributed by atoms with E-state index in [-0.39, 0.29) is 29.3 Å². The molecule has 0 heterocycles. The first kappa shape index (κ1) is 35.9. The van der Waals surface area contributed by atoms with Crippen LogP contribution in [0.15, 0.2) is 102 Å². The van der Waals surface area contributed by atoms with E-state index in [9.17, 15) is 26.8 Å². The Balaban J connectivity index is 1.80. The molecule has 2 amide bonds. The molecule has 1 atom stereocenters. The smallest absolute Gasteiger partial charge is 0.264 e. The summed E-state index contributed by atoms with van der Waals surface area (Å²) in [5, 5.41) is 2.91. The van der Waals surface area contributed by atoms with Gasteiger partial charge in [0.05, 0.1) is 24.8 Å². The molecule has 254 valence electrons. The molecule has 0 spiro atoms. The lowest BCUT2D eigenvalue weighted by Crippen LogP contribution is -2.53. The molecule has 1 N–H and O–H groups in total. The number of methoxy groups -OCH3 is 2. The maximum Gasteiger partial charge on any atom is 0.264 e. The fourth-order valence-electron chi connectivity index (χ4n) is 5.09. The lowest BCUT2D eigenvalue weighted by Gasteiger charge is -2.34. The second-order valence-electron chi connectivity index (χ2n) is 11.0. The van der Waals surface area contributed by atoms with Crippen molar-refractivity contribution < 1.29 is 36.3 Å². The van der Waals surface area contributed by atoms with Gasteiger partial charge in [-0.15, -0.1) is 0 Å². The number of sulfonamides is 1. The Bertz CT molecular complexity index is 1770. The molecule has 0 bridgehead atoms. The fraction of sp³-hybridized carbons (Fsp3) is 0.278. The van der Waals surface area contributed by atoms with E-state index >= 15 is 0 Å². The molecular weight excluding hydrogens is 640 g/mol. The number of hydrogen-bond acceptors (Lipinski definition) is 6. The Labute approximate surface area is 280 Å². The van der Waals surface area contributed by atoms with Gasteiger partial charge in [0.2, 0.25) is 11.8 Å². The monoisotopic (exact) mass is 679 g/mol. The van der Waals surface area contributed by atoms with Gasteiger partial charge in [-0.1, -0.05) is 55.8 Å². The van der Waals surface area contributed by atoms with Gasteiger partial charge in [-0.25, -0.2) is 17.2 Å². The molecule has 0 aliphatic rings. The van der Waals surface area contributed by atoms with Crippen molar-refractivity contribution in [2.75, 3.05) is 31.6 Å². The fourth-order valence-corrected chi connectivity index (χ4v) is 6.52. The van der Waals surface area contributed by atoms with Crippen LogP contribution in [0.1, 0.15) is 30.9 Å². The highest BCUT2D eigenvalue weighted by atomic mass is 32.2. The van der Waals surface area contributed by atoms with E-state index in [1.54, 1.807) is 0 Å². The molecule has 0 saturated heterocycles. The van der Waals surface area contributed by atoms with E-state index in [0.29, 0.717) is 17.9 Å². The summed E-state index contributed by atoms with van der Waals surface area (Å²) < 4.78 is 67.8. The standard InChI is InChI=1S/C36H39F2N3O6S/c1-4-5-21-39-36(43)32(22-26-9-7-6-8-10-26)40(24-27-11-13-28(37)14-12-27)35(42)25-41(30-17-15-29(38)16-18-30)48(44,45)31-19-20-33(46-2)34(23-31)47-3/h6-20,23,32H,4-5,21-22,24-25H2,1-3H3,(H,39,43)/t32-/m0/s1. The Hall–Kier alpha value is -4.97. The number of ether oxygens (including phenoxy) is 2. The van der Waals surface area contributed by atoms with E-state index < -0.39 is 46.1 Å². The molecule has 48 heavy (non-hydrogen) atoms. The zero-order valence-electron chi connectivity index (χ0n) is 27.1. The lowest BCUT2D eigenvalue weighted by atomic mass is 10.0. The minimum absolute atomic E-state index is 0.0215. The van der Waals surface area contributed by atoms with Gasteiger partial charge in [-0.05, 0) is 66.1 Å². The maximum atomic E-state index is 14.5. The van der Waals surface area contributed by atoms with Gasteiger partial charge < -0.3 is 19.7 Å².